The van der Waals surface area contributed by atoms with Gasteiger partial charge in [-0.15, -0.1) is 0 Å². The molecule has 1 saturated heterocycles. The maximum Gasteiger partial charge on any atom is 0.257 e. The second kappa shape index (κ2) is 4.72. The molecule has 1 amide bonds. The molecule has 1 aliphatic rings. The number of ether oxygens (including phenoxy) is 2. The molecular formula is C10H16N4O3. The number of carbonyl (C=O) groups is 1. The van der Waals surface area contributed by atoms with Crippen LogP contribution in [0.2, 0.25) is 0 Å². The lowest BCUT2D eigenvalue weighted by Crippen LogP contribution is -2.39. The highest BCUT2D eigenvalue weighted by atomic mass is 16.6. The van der Waals surface area contributed by atoms with Crippen molar-refractivity contribution < 1.29 is 14.3 Å². The van der Waals surface area contributed by atoms with E-state index in [0.717, 1.165) is 0 Å². The first-order valence-corrected chi connectivity index (χ1v) is 5.39. The topological polar surface area (TPSA) is 91.4 Å². The number of nitrogens with one attached hydrogen (secondary N) is 1. The van der Waals surface area contributed by atoms with E-state index in [1.165, 1.54) is 4.68 Å². The van der Waals surface area contributed by atoms with Crippen molar-refractivity contribution in [1.29, 1.82) is 0 Å². The predicted octanol–water partition coefficient (Wildman–Crippen LogP) is -0.335. The second-order valence-electron chi connectivity index (χ2n) is 3.89. The average Bonchev–Trinajstić information content (AvgIpc) is 2.57. The van der Waals surface area contributed by atoms with Crippen LogP contribution in [0.5, 0.6) is 0 Å². The number of rotatable bonds is 2. The minimum atomic E-state index is -0.585. The van der Waals surface area contributed by atoms with Gasteiger partial charge in [0.05, 0.1) is 31.2 Å². The Morgan fingerprint density at radius 2 is 2.35 bits per heavy atom. The maximum atomic E-state index is 11.9. The smallest absolute Gasteiger partial charge is 0.257 e. The molecule has 1 aromatic rings. The number of nitrogen functional groups attached to an aromatic ring is 1. The molecule has 0 bridgehead atoms. The molecule has 0 saturated carbocycles. The number of aryl methyl sites for hydroxylation is 2. The fourth-order valence-corrected chi connectivity index (χ4v) is 1.66. The Morgan fingerprint density at radius 3 is 2.88 bits per heavy atom. The molecule has 1 aromatic heterocycles. The number of nitrogens with zero attached hydrogens (tertiary/aromatic N) is 2. The van der Waals surface area contributed by atoms with Crippen LogP contribution in [0.1, 0.15) is 5.69 Å². The van der Waals surface area contributed by atoms with Crippen LogP contribution in [0, 0.1) is 6.92 Å². The monoisotopic (exact) mass is 240 g/mol. The van der Waals surface area contributed by atoms with Gasteiger partial charge in [0.2, 0.25) is 0 Å². The largest absolute Gasteiger partial charge is 0.394 e. The normalized spacial score (nSPS) is 20.2. The Labute approximate surface area is 98.9 Å². The number of carbonyl (C=O) groups excluding carboxylic acids is 1. The Bertz CT molecular complexity index is 423. The third-order valence-corrected chi connectivity index (χ3v) is 2.62. The third-order valence-electron chi connectivity index (χ3n) is 2.62. The molecular weight excluding hydrogens is 224 g/mol. The zero-order valence-electron chi connectivity index (χ0n) is 9.90. The van der Waals surface area contributed by atoms with Crippen molar-refractivity contribution in [3.05, 3.63) is 5.69 Å². The van der Waals surface area contributed by atoms with Gasteiger partial charge in [-0.3, -0.25) is 9.48 Å². The summed E-state index contributed by atoms with van der Waals surface area (Å²) in [5.41, 5.74) is 6.97. The molecule has 7 heteroatoms. The number of hydrogen-bond donors (Lipinski definition) is 2. The van der Waals surface area contributed by atoms with Crippen LogP contribution in [0.3, 0.4) is 0 Å². The molecule has 0 spiro atoms. The third kappa shape index (κ3) is 2.40. The Hall–Kier alpha value is -1.60. The number of aromatic nitrogens is 2. The molecule has 0 aliphatic carbocycles. The number of hydrogen-bond acceptors (Lipinski definition) is 5. The summed E-state index contributed by atoms with van der Waals surface area (Å²) in [4.78, 5) is 11.9. The van der Waals surface area contributed by atoms with E-state index >= 15 is 0 Å². The minimum absolute atomic E-state index is 0.264. The second-order valence-corrected chi connectivity index (χ2v) is 3.89. The number of amides is 1. The molecule has 1 unspecified atom stereocenters. The quantitative estimate of drug-likeness (QED) is 0.738. The fourth-order valence-electron chi connectivity index (χ4n) is 1.66. The highest BCUT2D eigenvalue weighted by Crippen LogP contribution is 2.21. The number of nitrogens with two attached hydrogens (primary N) is 1. The van der Waals surface area contributed by atoms with Gasteiger partial charge >= 0.3 is 0 Å². The lowest BCUT2D eigenvalue weighted by atomic mass is 10.3. The van der Waals surface area contributed by atoms with E-state index in [0.29, 0.717) is 30.4 Å². The van der Waals surface area contributed by atoms with Crippen LogP contribution in [-0.4, -0.2) is 41.6 Å². The molecule has 0 aromatic carbocycles. The summed E-state index contributed by atoms with van der Waals surface area (Å²) in [6.45, 7) is 3.00. The highest BCUT2D eigenvalue weighted by molar-refractivity contribution is 5.96. The maximum absolute atomic E-state index is 11.9. The first-order chi connectivity index (χ1) is 8.09. The van der Waals surface area contributed by atoms with E-state index in [9.17, 15) is 4.79 Å². The van der Waals surface area contributed by atoms with Crippen molar-refractivity contribution in [2.24, 2.45) is 7.05 Å². The zero-order chi connectivity index (χ0) is 12.4. The minimum Gasteiger partial charge on any atom is -0.394 e. The van der Waals surface area contributed by atoms with Crippen molar-refractivity contribution in [3.63, 3.8) is 0 Å². The molecule has 2 heterocycles. The van der Waals surface area contributed by atoms with E-state index in [1.807, 2.05) is 0 Å². The summed E-state index contributed by atoms with van der Waals surface area (Å²) in [5.74, 6) is 0.223. The molecule has 1 fully saturated rings. The van der Waals surface area contributed by atoms with E-state index < -0.39 is 6.10 Å². The van der Waals surface area contributed by atoms with Gasteiger partial charge in [0.15, 0.2) is 11.9 Å². The van der Waals surface area contributed by atoms with Gasteiger partial charge in [-0.1, -0.05) is 0 Å². The van der Waals surface area contributed by atoms with Crippen molar-refractivity contribution in [2.75, 3.05) is 30.9 Å². The number of anilines is 2. The highest BCUT2D eigenvalue weighted by Gasteiger charge is 2.24. The standard InChI is InChI=1S/C10H16N4O3/c1-6-8(11)9(14(2)13-6)12-10(15)7-5-16-3-4-17-7/h7H,3-5,11H2,1-2H3,(H,12,15). The van der Waals surface area contributed by atoms with E-state index in [4.69, 9.17) is 15.2 Å². The van der Waals surface area contributed by atoms with Gasteiger partial charge in [0, 0.05) is 7.05 Å². The molecule has 0 radical (unpaired) electrons. The molecule has 7 nitrogen and oxygen atoms in total. The van der Waals surface area contributed by atoms with Crippen LogP contribution in [0.25, 0.3) is 0 Å². The summed E-state index contributed by atoms with van der Waals surface area (Å²) in [5, 5.41) is 6.81. The Morgan fingerprint density at radius 1 is 1.59 bits per heavy atom. The van der Waals surface area contributed by atoms with Gasteiger partial charge in [0.25, 0.3) is 5.91 Å². The van der Waals surface area contributed by atoms with Crippen LogP contribution >= 0.6 is 0 Å². The van der Waals surface area contributed by atoms with Crippen LogP contribution in [0.15, 0.2) is 0 Å². The summed E-state index contributed by atoms with van der Waals surface area (Å²) < 4.78 is 12.0. The molecule has 1 aliphatic heterocycles. The van der Waals surface area contributed by atoms with Gasteiger partial charge in [0.1, 0.15) is 0 Å². The van der Waals surface area contributed by atoms with E-state index in [1.54, 1.807) is 14.0 Å². The van der Waals surface area contributed by atoms with Crippen molar-refractivity contribution in [3.8, 4) is 0 Å². The Kier molecular flexibility index (Phi) is 3.30. The predicted molar refractivity (Wildman–Crippen MR) is 61.5 cm³/mol. The van der Waals surface area contributed by atoms with Gasteiger partial charge in [-0.2, -0.15) is 5.10 Å². The van der Waals surface area contributed by atoms with Crippen molar-refractivity contribution >= 4 is 17.4 Å². The summed E-state index contributed by atoms with van der Waals surface area (Å²) in [6.07, 6.45) is -0.585. The van der Waals surface area contributed by atoms with Crippen LogP contribution in [-0.2, 0) is 21.3 Å². The average molecular weight is 240 g/mol. The van der Waals surface area contributed by atoms with Crippen molar-refractivity contribution in [1.82, 2.24) is 9.78 Å². The first-order valence-electron chi connectivity index (χ1n) is 5.39. The van der Waals surface area contributed by atoms with E-state index in [2.05, 4.69) is 10.4 Å². The molecule has 17 heavy (non-hydrogen) atoms. The van der Waals surface area contributed by atoms with Gasteiger partial charge in [-0.25, -0.2) is 0 Å². The molecule has 94 valence electrons. The molecule has 2 rings (SSSR count). The van der Waals surface area contributed by atoms with Crippen LogP contribution < -0.4 is 11.1 Å². The lowest BCUT2D eigenvalue weighted by Gasteiger charge is -2.22. The van der Waals surface area contributed by atoms with E-state index in [-0.39, 0.29) is 12.5 Å². The lowest BCUT2D eigenvalue weighted by molar-refractivity contribution is -0.142. The molecule has 1 atom stereocenters. The SMILES string of the molecule is Cc1nn(C)c(NC(=O)C2COCCO2)c1N. The molecule has 3 N–H and O–H groups in total. The van der Waals surface area contributed by atoms with Gasteiger partial charge in [-0.05, 0) is 6.92 Å². The van der Waals surface area contributed by atoms with Gasteiger partial charge < -0.3 is 20.5 Å². The fraction of sp³-hybridized carbons (Fsp3) is 0.600. The first kappa shape index (κ1) is 11.9. The summed E-state index contributed by atoms with van der Waals surface area (Å²) in [6, 6.07) is 0. The zero-order valence-corrected chi connectivity index (χ0v) is 9.90. The summed E-state index contributed by atoms with van der Waals surface area (Å²) >= 11 is 0. The van der Waals surface area contributed by atoms with Crippen molar-refractivity contribution in [2.45, 2.75) is 13.0 Å². The Balaban J connectivity index is 2.07. The van der Waals surface area contributed by atoms with Crippen LogP contribution in [0.4, 0.5) is 11.5 Å². The summed E-state index contributed by atoms with van der Waals surface area (Å²) in [7, 11) is 1.72.